The second-order valence-corrected chi connectivity index (χ2v) is 8.74. The molecule has 1 aromatic heterocycles. The normalized spacial score (nSPS) is 11.5. The van der Waals surface area contributed by atoms with Gasteiger partial charge in [0.15, 0.2) is 5.82 Å². The molecule has 0 spiro atoms. The zero-order valence-corrected chi connectivity index (χ0v) is 19.2. The molecule has 0 aliphatic carbocycles. The van der Waals surface area contributed by atoms with Crippen LogP contribution in [0.2, 0.25) is 5.02 Å². The molecule has 0 bridgehead atoms. The van der Waals surface area contributed by atoms with Gasteiger partial charge in [-0.05, 0) is 42.2 Å². The molecule has 0 radical (unpaired) electrons. The SMILES string of the molecule is CCCc1nnc(SCc2ccc(Cl)cc2)n1/N=C\c1ccccc1OCC(C)C. The van der Waals surface area contributed by atoms with Gasteiger partial charge >= 0.3 is 0 Å². The monoisotopic (exact) mass is 442 g/mol. The summed E-state index contributed by atoms with van der Waals surface area (Å²) in [5.74, 6) is 2.91. The molecule has 0 saturated heterocycles. The maximum Gasteiger partial charge on any atom is 0.212 e. The summed E-state index contributed by atoms with van der Waals surface area (Å²) in [6.07, 6.45) is 3.62. The van der Waals surface area contributed by atoms with Gasteiger partial charge in [0.1, 0.15) is 5.75 Å². The molecule has 30 heavy (non-hydrogen) atoms. The van der Waals surface area contributed by atoms with E-state index in [1.165, 1.54) is 5.56 Å². The molecule has 0 amide bonds. The topological polar surface area (TPSA) is 52.3 Å². The van der Waals surface area contributed by atoms with Crippen molar-refractivity contribution in [2.75, 3.05) is 6.61 Å². The Bertz CT molecular complexity index is 970. The van der Waals surface area contributed by atoms with Gasteiger partial charge in [0.25, 0.3) is 0 Å². The Balaban J connectivity index is 1.80. The van der Waals surface area contributed by atoms with E-state index in [9.17, 15) is 0 Å². The van der Waals surface area contributed by atoms with Gasteiger partial charge in [-0.3, -0.25) is 0 Å². The fourth-order valence-electron chi connectivity index (χ4n) is 2.70. The lowest BCUT2D eigenvalue weighted by Crippen LogP contribution is -2.06. The van der Waals surface area contributed by atoms with E-state index in [4.69, 9.17) is 21.4 Å². The van der Waals surface area contributed by atoms with Crippen LogP contribution < -0.4 is 4.74 Å². The van der Waals surface area contributed by atoms with E-state index in [-0.39, 0.29) is 0 Å². The van der Waals surface area contributed by atoms with Crippen molar-refractivity contribution in [1.82, 2.24) is 14.9 Å². The van der Waals surface area contributed by atoms with Crippen LogP contribution >= 0.6 is 23.4 Å². The van der Waals surface area contributed by atoms with E-state index in [1.807, 2.05) is 59.4 Å². The molecule has 158 valence electrons. The highest BCUT2D eigenvalue weighted by atomic mass is 35.5. The summed E-state index contributed by atoms with van der Waals surface area (Å²) in [4.78, 5) is 0. The zero-order chi connectivity index (χ0) is 21.3. The van der Waals surface area contributed by atoms with Crippen LogP contribution in [0.5, 0.6) is 5.75 Å². The van der Waals surface area contributed by atoms with Crippen LogP contribution in [0.25, 0.3) is 0 Å². The van der Waals surface area contributed by atoms with Crippen molar-refractivity contribution in [2.45, 2.75) is 44.5 Å². The van der Waals surface area contributed by atoms with Gasteiger partial charge in [0.05, 0.1) is 12.8 Å². The Morgan fingerprint density at radius 3 is 2.63 bits per heavy atom. The highest BCUT2D eigenvalue weighted by Gasteiger charge is 2.12. The lowest BCUT2D eigenvalue weighted by atomic mass is 10.2. The van der Waals surface area contributed by atoms with Gasteiger partial charge in [-0.25, -0.2) is 0 Å². The second-order valence-electron chi connectivity index (χ2n) is 7.36. The number of nitrogens with zero attached hydrogens (tertiary/aromatic N) is 4. The predicted octanol–water partition coefficient (Wildman–Crippen LogP) is 6.09. The van der Waals surface area contributed by atoms with Gasteiger partial charge in [0.2, 0.25) is 5.16 Å². The van der Waals surface area contributed by atoms with Crippen molar-refractivity contribution in [2.24, 2.45) is 11.0 Å². The Morgan fingerprint density at radius 1 is 1.13 bits per heavy atom. The van der Waals surface area contributed by atoms with E-state index >= 15 is 0 Å². The average Bonchev–Trinajstić information content (AvgIpc) is 3.12. The molecule has 3 aromatic rings. The summed E-state index contributed by atoms with van der Waals surface area (Å²) in [5.41, 5.74) is 2.11. The number of benzene rings is 2. The maximum atomic E-state index is 5.98. The van der Waals surface area contributed by atoms with Gasteiger partial charge in [0, 0.05) is 22.8 Å². The Hall–Kier alpha value is -2.31. The van der Waals surface area contributed by atoms with Crippen LogP contribution in [0, 0.1) is 5.92 Å². The van der Waals surface area contributed by atoms with Crippen LogP contribution in [0.4, 0.5) is 0 Å². The van der Waals surface area contributed by atoms with Crippen LogP contribution in [0.15, 0.2) is 58.8 Å². The van der Waals surface area contributed by atoms with Crippen LogP contribution in [0.1, 0.15) is 44.1 Å². The smallest absolute Gasteiger partial charge is 0.212 e. The van der Waals surface area contributed by atoms with E-state index in [2.05, 4.69) is 31.0 Å². The van der Waals surface area contributed by atoms with E-state index in [0.29, 0.717) is 12.5 Å². The summed E-state index contributed by atoms with van der Waals surface area (Å²) < 4.78 is 7.78. The summed E-state index contributed by atoms with van der Waals surface area (Å²) in [6.45, 7) is 7.06. The third-order valence-electron chi connectivity index (χ3n) is 4.23. The number of hydrogen-bond acceptors (Lipinski definition) is 5. The lowest BCUT2D eigenvalue weighted by Gasteiger charge is -2.11. The Labute approximate surface area is 187 Å². The summed E-state index contributed by atoms with van der Waals surface area (Å²) in [6, 6.07) is 15.8. The van der Waals surface area contributed by atoms with Crippen molar-refractivity contribution in [1.29, 1.82) is 0 Å². The Morgan fingerprint density at radius 2 is 1.90 bits per heavy atom. The molecule has 3 rings (SSSR count). The largest absolute Gasteiger partial charge is 0.493 e. The molecule has 0 aliphatic rings. The number of aryl methyl sites for hydroxylation is 1. The third-order valence-corrected chi connectivity index (χ3v) is 5.48. The summed E-state index contributed by atoms with van der Waals surface area (Å²) >= 11 is 7.59. The number of hydrogen-bond donors (Lipinski definition) is 0. The number of para-hydroxylation sites is 1. The first kappa shape index (κ1) is 22.4. The van der Waals surface area contributed by atoms with E-state index in [1.54, 1.807) is 11.8 Å². The molecule has 0 fully saturated rings. The molecule has 2 aromatic carbocycles. The van der Waals surface area contributed by atoms with Crippen molar-refractivity contribution in [3.05, 3.63) is 70.5 Å². The fraction of sp³-hybridized carbons (Fsp3) is 0.348. The number of thioether (sulfide) groups is 1. The number of halogens is 1. The van der Waals surface area contributed by atoms with Crippen molar-refractivity contribution in [3.63, 3.8) is 0 Å². The number of aromatic nitrogens is 3. The molecule has 0 unspecified atom stereocenters. The highest BCUT2D eigenvalue weighted by molar-refractivity contribution is 7.98. The van der Waals surface area contributed by atoms with Gasteiger partial charge in [-0.2, -0.15) is 9.78 Å². The first-order valence-electron chi connectivity index (χ1n) is 10.1. The van der Waals surface area contributed by atoms with Crippen LogP contribution in [0.3, 0.4) is 0 Å². The van der Waals surface area contributed by atoms with Gasteiger partial charge in [-0.15, -0.1) is 10.2 Å². The molecule has 5 nitrogen and oxygen atoms in total. The van der Waals surface area contributed by atoms with Crippen LogP contribution in [-0.4, -0.2) is 27.7 Å². The van der Waals surface area contributed by atoms with Crippen molar-refractivity contribution >= 4 is 29.6 Å². The quantitative estimate of drug-likeness (QED) is 0.281. The Kier molecular flexibility index (Phi) is 8.34. The first-order chi connectivity index (χ1) is 14.6. The fourth-order valence-corrected chi connectivity index (χ4v) is 3.69. The average molecular weight is 443 g/mol. The molecule has 1 heterocycles. The first-order valence-corrected chi connectivity index (χ1v) is 11.5. The predicted molar refractivity (Wildman–Crippen MR) is 125 cm³/mol. The van der Waals surface area contributed by atoms with E-state index in [0.717, 1.165) is 45.9 Å². The molecule has 7 heteroatoms. The minimum Gasteiger partial charge on any atom is -0.493 e. The molecule has 0 saturated carbocycles. The molecule has 0 atom stereocenters. The third kappa shape index (κ3) is 6.34. The molecular formula is C23H27ClN4OS. The van der Waals surface area contributed by atoms with Gasteiger partial charge < -0.3 is 4.74 Å². The lowest BCUT2D eigenvalue weighted by molar-refractivity contribution is 0.270. The minimum atomic E-state index is 0.458. The van der Waals surface area contributed by atoms with E-state index < -0.39 is 0 Å². The van der Waals surface area contributed by atoms with Crippen molar-refractivity contribution in [3.8, 4) is 5.75 Å². The maximum absolute atomic E-state index is 5.98. The van der Waals surface area contributed by atoms with Crippen LogP contribution in [-0.2, 0) is 12.2 Å². The summed E-state index contributed by atoms with van der Waals surface area (Å²) in [7, 11) is 0. The van der Waals surface area contributed by atoms with Gasteiger partial charge in [-0.1, -0.05) is 68.4 Å². The standard InChI is InChI=1S/C23H27ClN4OS/c1-4-7-22-26-27-23(30-16-18-10-12-20(24)13-11-18)28(22)25-14-19-8-5-6-9-21(19)29-15-17(2)3/h5-6,8-14,17H,4,7,15-16H2,1-3H3/b25-14-. The molecule has 0 N–H and O–H groups in total. The second kappa shape index (κ2) is 11.2. The number of rotatable bonds is 10. The molecular weight excluding hydrogens is 416 g/mol. The number of ether oxygens (including phenoxy) is 1. The van der Waals surface area contributed by atoms with Crippen molar-refractivity contribution < 1.29 is 4.74 Å². The summed E-state index contributed by atoms with van der Waals surface area (Å²) in [5, 5.41) is 14.9. The zero-order valence-electron chi connectivity index (χ0n) is 17.6. The highest BCUT2D eigenvalue weighted by Crippen LogP contribution is 2.24. The molecule has 0 aliphatic heterocycles. The minimum absolute atomic E-state index is 0.458.